The molecule has 8 nitrogen and oxygen atoms in total. The fourth-order valence-corrected chi connectivity index (χ4v) is 3.65. The van der Waals surface area contributed by atoms with Crippen molar-refractivity contribution in [3.63, 3.8) is 0 Å². The largest absolute Gasteiger partial charge is 0.454 e. The van der Waals surface area contributed by atoms with Gasteiger partial charge in [0.2, 0.25) is 6.79 Å². The second-order valence-corrected chi connectivity index (χ2v) is 6.62. The lowest BCUT2D eigenvalue weighted by Crippen LogP contribution is -2.43. The Morgan fingerprint density at radius 2 is 1.69 bits per heavy atom. The molecule has 0 bridgehead atoms. The molecule has 2 aliphatic heterocycles. The number of ether oxygens (including phenoxy) is 2. The van der Waals surface area contributed by atoms with Gasteiger partial charge in [-0.1, -0.05) is 30.3 Å². The van der Waals surface area contributed by atoms with Gasteiger partial charge in [-0.15, -0.1) is 0 Å². The lowest BCUT2D eigenvalue weighted by atomic mass is 10.0. The van der Waals surface area contributed by atoms with Gasteiger partial charge in [-0.3, -0.25) is 19.8 Å². The van der Waals surface area contributed by atoms with E-state index in [0.717, 1.165) is 0 Å². The number of anilines is 2. The summed E-state index contributed by atoms with van der Waals surface area (Å²) in [5.74, 6) is 0.475. The summed E-state index contributed by atoms with van der Waals surface area (Å²) in [6.45, 7) is -0.00179. The van der Waals surface area contributed by atoms with Gasteiger partial charge in [0.15, 0.2) is 11.5 Å². The van der Waals surface area contributed by atoms with E-state index in [1.165, 1.54) is 11.0 Å². The van der Waals surface area contributed by atoms with E-state index in [2.05, 4.69) is 5.32 Å². The maximum atomic E-state index is 13.4. The van der Waals surface area contributed by atoms with Crippen LogP contribution in [0.25, 0.3) is 0 Å². The first kappa shape index (κ1) is 17.1. The highest BCUT2D eigenvalue weighted by atomic mass is 16.7. The smallest absolute Gasteiger partial charge is 0.280 e. The summed E-state index contributed by atoms with van der Waals surface area (Å²) >= 11 is 0. The second kappa shape index (κ2) is 6.52. The molecule has 0 saturated heterocycles. The molecule has 1 N–H and O–H groups in total. The number of hydrogen-bond donors (Lipinski definition) is 1. The Hall–Kier alpha value is -4.07. The molecule has 0 saturated carbocycles. The van der Waals surface area contributed by atoms with Crippen molar-refractivity contribution in [2.45, 2.75) is 6.17 Å². The van der Waals surface area contributed by atoms with E-state index in [1.807, 2.05) is 24.3 Å². The van der Waals surface area contributed by atoms with Gasteiger partial charge in [-0.25, -0.2) is 0 Å². The first-order valence-electron chi connectivity index (χ1n) is 8.95. The Balaban J connectivity index is 1.72. The van der Waals surface area contributed by atoms with E-state index in [1.54, 1.807) is 36.4 Å². The summed E-state index contributed by atoms with van der Waals surface area (Å²) in [4.78, 5) is 26.2. The van der Waals surface area contributed by atoms with Crippen LogP contribution in [0.4, 0.5) is 17.1 Å². The minimum Gasteiger partial charge on any atom is -0.454 e. The predicted molar refractivity (Wildman–Crippen MR) is 105 cm³/mol. The standard InChI is InChI=1S/C21H15N3O5/c25-21-14-8-4-5-9-16(14)22-20(23(21)13-6-2-1-3-7-13)15-10-18-19(29-12-28-18)11-17(15)24(26)27/h1-11,20,22H,12H2/t20-/m1/s1. The zero-order chi connectivity index (χ0) is 20.0. The second-order valence-electron chi connectivity index (χ2n) is 6.62. The molecule has 2 heterocycles. The summed E-state index contributed by atoms with van der Waals surface area (Å²) in [6, 6.07) is 19.1. The number of nitrogens with zero attached hydrogens (tertiary/aromatic N) is 2. The summed E-state index contributed by atoms with van der Waals surface area (Å²) < 4.78 is 10.7. The summed E-state index contributed by atoms with van der Waals surface area (Å²) in [7, 11) is 0. The monoisotopic (exact) mass is 389 g/mol. The van der Waals surface area contributed by atoms with E-state index in [9.17, 15) is 14.9 Å². The minimum atomic E-state index is -0.797. The van der Waals surface area contributed by atoms with Crippen molar-refractivity contribution in [1.29, 1.82) is 0 Å². The molecule has 0 fully saturated rings. The number of hydrogen-bond acceptors (Lipinski definition) is 6. The first-order valence-corrected chi connectivity index (χ1v) is 8.95. The average Bonchev–Trinajstić information content (AvgIpc) is 3.21. The molecule has 2 aliphatic rings. The highest BCUT2D eigenvalue weighted by Gasteiger charge is 2.38. The first-order chi connectivity index (χ1) is 14.1. The van der Waals surface area contributed by atoms with E-state index in [4.69, 9.17) is 9.47 Å². The Morgan fingerprint density at radius 3 is 2.45 bits per heavy atom. The van der Waals surface area contributed by atoms with E-state index >= 15 is 0 Å². The average molecular weight is 389 g/mol. The molecule has 144 valence electrons. The number of carbonyl (C=O) groups excluding carboxylic acids is 1. The molecule has 3 aromatic carbocycles. The fourth-order valence-electron chi connectivity index (χ4n) is 3.65. The third kappa shape index (κ3) is 2.73. The van der Waals surface area contributed by atoms with Crippen molar-refractivity contribution in [3.8, 4) is 11.5 Å². The van der Waals surface area contributed by atoms with Crippen molar-refractivity contribution in [2.75, 3.05) is 17.0 Å². The zero-order valence-corrected chi connectivity index (χ0v) is 15.1. The minimum absolute atomic E-state index is 0.00179. The van der Waals surface area contributed by atoms with Gasteiger partial charge < -0.3 is 14.8 Å². The van der Waals surface area contributed by atoms with Gasteiger partial charge >= 0.3 is 0 Å². The third-order valence-electron chi connectivity index (χ3n) is 4.97. The van der Waals surface area contributed by atoms with Crippen LogP contribution in [0.2, 0.25) is 0 Å². The summed E-state index contributed by atoms with van der Waals surface area (Å²) in [5, 5.41) is 15.1. The van der Waals surface area contributed by atoms with Crippen LogP contribution in [0.3, 0.4) is 0 Å². The molecule has 5 rings (SSSR count). The van der Waals surface area contributed by atoms with E-state index < -0.39 is 11.1 Å². The lowest BCUT2D eigenvalue weighted by molar-refractivity contribution is -0.385. The van der Waals surface area contributed by atoms with E-state index in [0.29, 0.717) is 34.0 Å². The molecule has 0 unspecified atom stereocenters. The number of nitro groups is 1. The number of fused-ring (bicyclic) bond motifs is 2. The number of amides is 1. The summed E-state index contributed by atoms with van der Waals surface area (Å²) in [6.07, 6.45) is -0.797. The number of nitrogens with one attached hydrogen (secondary N) is 1. The molecule has 0 aromatic heterocycles. The predicted octanol–water partition coefficient (Wildman–Crippen LogP) is 4.09. The third-order valence-corrected chi connectivity index (χ3v) is 4.97. The van der Waals surface area contributed by atoms with Crippen LogP contribution < -0.4 is 19.7 Å². The van der Waals surface area contributed by atoms with Crippen LogP contribution in [0, 0.1) is 10.1 Å². The van der Waals surface area contributed by atoms with Gasteiger partial charge in [0, 0.05) is 11.4 Å². The molecule has 1 amide bonds. The normalized spacial score (nSPS) is 16.9. The van der Waals surface area contributed by atoms with Crippen molar-refractivity contribution < 1.29 is 19.2 Å². The number of carbonyl (C=O) groups is 1. The Bertz CT molecular complexity index is 1130. The number of benzene rings is 3. The molecule has 0 aliphatic carbocycles. The Labute approximate surface area is 165 Å². The topological polar surface area (TPSA) is 93.9 Å². The Morgan fingerprint density at radius 1 is 1.00 bits per heavy atom. The zero-order valence-electron chi connectivity index (χ0n) is 15.1. The SMILES string of the molecule is O=C1c2ccccc2N[C@@H](c2cc3c(cc2[N+](=O)[O-])OCO3)N1c1ccccc1. The molecular weight excluding hydrogens is 374 g/mol. The molecule has 0 spiro atoms. The van der Waals surface area contributed by atoms with E-state index in [-0.39, 0.29) is 18.4 Å². The molecule has 29 heavy (non-hydrogen) atoms. The van der Waals surface area contributed by atoms with Gasteiger partial charge in [-0.05, 0) is 30.3 Å². The Kier molecular flexibility index (Phi) is 3.83. The molecule has 1 atom stereocenters. The highest BCUT2D eigenvalue weighted by Crippen LogP contribution is 2.44. The van der Waals surface area contributed by atoms with Crippen molar-refractivity contribution >= 4 is 23.0 Å². The van der Waals surface area contributed by atoms with Crippen LogP contribution in [-0.2, 0) is 0 Å². The van der Waals surface area contributed by atoms with Crippen LogP contribution in [-0.4, -0.2) is 17.6 Å². The highest BCUT2D eigenvalue weighted by molar-refractivity contribution is 6.12. The number of para-hydroxylation sites is 2. The molecule has 0 radical (unpaired) electrons. The van der Waals surface area contributed by atoms with Gasteiger partial charge in [0.05, 0.1) is 22.1 Å². The number of nitro benzene ring substituents is 1. The lowest BCUT2D eigenvalue weighted by Gasteiger charge is -2.37. The molecule has 8 heteroatoms. The van der Waals surface area contributed by atoms with Crippen LogP contribution >= 0.6 is 0 Å². The van der Waals surface area contributed by atoms with Crippen molar-refractivity contribution in [2.24, 2.45) is 0 Å². The van der Waals surface area contributed by atoms with Crippen molar-refractivity contribution in [3.05, 3.63) is 88.0 Å². The fraction of sp³-hybridized carbons (Fsp3) is 0.0952. The maximum Gasteiger partial charge on any atom is 0.280 e. The maximum absolute atomic E-state index is 13.4. The van der Waals surface area contributed by atoms with Gasteiger partial charge in [0.1, 0.15) is 6.17 Å². The van der Waals surface area contributed by atoms with Crippen molar-refractivity contribution in [1.82, 2.24) is 0 Å². The summed E-state index contributed by atoms with van der Waals surface area (Å²) in [5.41, 5.74) is 1.89. The van der Waals surface area contributed by atoms with Gasteiger partial charge in [-0.2, -0.15) is 0 Å². The quantitative estimate of drug-likeness (QED) is 0.536. The van der Waals surface area contributed by atoms with Crippen LogP contribution in [0.1, 0.15) is 22.1 Å². The number of rotatable bonds is 3. The van der Waals surface area contributed by atoms with Crippen LogP contribution in [0.15, 0.2) is 66.7 Å². The van der Waals surface area contributed by atoms with Crippen LogP contribution in [0.5, 0.6) is 11.5 Å². The molecule has 3 aromatic rings. The molecular formula is C21H15N3O5. The van der Waals surface area contributed by atoms with Gasteiger partial charge in [0.25, 0.3) is 11.6 Å².